The van der Waals surface area contributed by atoms with Gasteiger partial charge in [-0.25, -0.2) is 4.79 Å². The molecule has 0 saturated carbocycles. The van der Waals surface area contributed by atoms with Gasteiger partial charge in [0.2, 0.25) is 0 Å². The molecule has 0 unspecified atom stereocenters. The minimum absolute atomic E-state index is 0.350. The zero-order valence-corrected chi connectivity index (χ0v) is 11.0. The molecule has 100 valence electrons. The number of aryl methyl sites for hydroxylation is 1. The van der Waals surface area contributed by atoms with Crippen molar-refractivity contribution < 1.29 is 4.42 Å². The Morgan fingerprint density at radius 2 is 1.95 bits per heavy atom. The van der Waals surface area contributed by atoms with Gasteiger partial charge in [-0.3, -0.25) is 5.84 Å². The van der Waals surface area contributed by atoms with Gasteiger partial charge in [-0.1, -0.05) is 29.8 Å². The van der Waals surface area contributed by atoms with Crippen molar-refractivity contribution >= 4 is 16.7 Å². The minimum Gasteiger partial charge on any atom is -0.422 e. The van der Waals surface area contributed by atoms with E-state index in [0.717, 1.165) is 16.5 Å². The summed E-state index contributed by atoms with van der Waals surface area (Å²) < 4.78 is 5.38. The van der Waals surface area contributed by atoms with Crippen LogP contribution in [0.3, 0.4) is 0 Å². The molecule has 0 atom stereocenters. The van der Waals surface area contributed by atoms with Crippen molar-refractivity contribution in [2.75, 3.05) is 5.43 Å². The first kappa shape index (κ1) is 12.4. The van der Waals surface area contributed by atoms with E-state index in [4.69, 9.17) is 10.3 Å². The molecule has 3 N–H and O–H groups in total. The second-order valence-corrected chi connectivity index (χ2v) is 4.71. The molecule has 0 aliphatic heterocycles. The Bertz CT molecular complexity index is 837. The lowest BCUT2D eigenvalue weighted by Crippen LogP contribution is -2.07. The molecule has 0 aliphatic rings. The summed E-state index contributed by atoms with van der Waals surface area (Å²) in [5, 5.41) is 0.861. The van der Waals surface area contributed by atoms with Gasteiger partial charge >= 0.3 is 5.63 Å². The topological polar surface area (TPSA) is 68.3 Å². The number of rotatable bonds is 2. The summed E-state index contributed by atoms with van der Waals surface area (Å²) >= 11 is 0. The van der Waals surface area contributed by atoms with E-state index in [1.165, 1.54) is 0 Å². The molecule has 0 amide bonds. The van der Waals surface area contributed by atoms with Gasteiger partial charge in [0, 0.05) is 11.5 Å². The van der Waals surface area contributed by atoms with E-state index in [1.54, 1.807) is 6.07 Å². The number of nitrogens with two attached hydrogens (primary N) is 1. The van der Waals surface area contributed by atoms with Gasteiger partial charge in [0.25, 0.3) is 0 Å². The van der Waals surface area contributed by atoms with E-state index in [-0.39, 0.29) is 5.63 Å². The van der Waals surface area contributed by atoms with Crippen LogP contribution in [0.15, 0.2) is 57.7 Å². The molecule has 4 heteroatoms. The number of fused-ring (bicyclic) bond motifs is 1. The highest BCUT2D eigenvalue weighted by Crippen LogP contribution is 2.23. The lowest BCUT2D eigenvalue weighted by molar-refractivity contribution is 0.563. The molecule has 0 saturated heterocycles. The van der Waals surface area contributed by atoms with Crippen molar-refractivity contribution in [1.82, 2.24) is 0 Å². The highest BCUT2D eigenvalue weighted by molar-refractivity contribution is 5.84. The Kier molecular flexibility index (Phi) is 3.00. The van der Waals surface area contributed by atoms with Crippen LogP contribution < -0.4 is 16.9 Å². The number of anilines is 1. The van der Waals surface area contributed by atoms with Crippen LogP contribution in [0, 0.1) is 6.92 Å². The van der Waals surface area contributed by atoms with Crippen molar-refractivity contribution in [3.63, 3.8) is 0 Å². The van der Waals surface area contributed by atoms with Gasteiger partial charge in [0.05, 0.1) is 11.3 Å². The largest absolute Gasteiger partial charge is 0.422 e. The van der Waals surface area contributed by atoms with Crippen LogP contribution in [0.1, 0.15) is 5.56 Å². The lowest BCUT2D eigenvalue weighted by Gasteiger charge is -2.05. The highest BCUT2D eigenvalue weighted by Gasteiger charge is 2.08. The second-order valence-electron chi connectivity index (χ2n) is 4.71. The molecule has 1 aromatic heterocycles. The average molecular weight is 266 g/mol. The Balaban J connectivity index is 2.23. The SMILES string of the molecule is Cc1cccc(-c2cc3ccc(NN)cc3oc2=O)c1. The number of hydrogen-bond acceptors (Lipinski definition) is 4. The van der Waals surface area contributed by atoms with E-state index in [9.17, 15) is 4.79 Å². The first-order valence-corrected chi connectivity index (χ1v) is 6.29. The Labute approximate surface area is 115 Å². The van der Waals surface area contributed by atoms with Crippen molar-refractivity contribution in [3.05, 3.63) is 64.5 Å². The summed E-state index contributed by atoms with van der Waals surface area (Å²) in [7, 11) is 0. The van der Waals surface area contributed by atoms with Crippen molar-refractivity contribution in [1.29, 1.82) is 0 Å². The van der Waals surface area contributed by atoms with E-state index in [0.29, 0.717) is 16.8 Å². The predicted molar refractivity (Wildman–Crippen MR) is 80.5 cm³/mol. The molecule has 3 rings (SSSR count). The van der Waals surface area contributed by atoms with Crippen LogP contribution in [0.25, 0.3) is 22.1 Å². The fraction of sp³-hybridized carbons (Fsp3) is 0.0625. The van der Waals surface area contributed by atoms with Gasteiger partial charge in [0.1, 0.15) is 5.58 Å². The summed E-state index contributed by atoms with van der Waals surface area (Å²) in [6, 6.07) is 15.0. The van der Waals surface area contributed by atoms with Gasteiger partial charge in [-0.15, -0.1) is 0 Å². The van der Waals surface area contributed by atoms with Crippen molar-refractivity contribution in [3.8, 4) is 11.1 Å². The van der Waals surface area contributed by atoms with E-state index >= 15 is 0 Å². The molecule has 0 radical (unpaired) electrons. The molecule has 0 bridgehead atoms. The third-order valence-corrected chi connectivity index (χ3v) is 3.23. The van der Waals surface area contributed by atoms with E-state index in [2.05, 4.69) is 5.43 Å². The van der Waals surface area contributed by atoms with Gasteiger partial charge in [-0.05, 0) is 30.7 Å². The summed E-state index contributed by atoms with van der Waals surface area (Å²) in [4.78, 5) is 12.1. The number of hydrogen-bond donors (Lipinski definition) is 2. The molecule has 4 nitrogen and oxygen atoms in total. The molecule has 2 aromatic carbocycles. The fourth-order valence-electron chi connectivity index (χ4n) is 2.21. The van der Waals surface area contributed by atoms with Gasteiger partial charge < -0.3 is 9.84 Å². The van der Waals surface area contributed by atoms with Crippen molar-refractivity contribution in [2.24, 2.45) is 5.84 Å². The van der Waals surface area contributed by atoms with Crippen LogP contribution in [-0.4, -0.2) is 0 Å². The summed E-state index contributed by atoms with van der Waals surface area (Å²) in [5.41, 5.74) is 5.92. The van der Waals surface area contributed by atoms with Crippen LogP contribution >= 0.6 is 0 Å². The molecule has 3 aromatic rings. The summed E-state index contributed by atoms with van der Waals surface area (Å²) in [5.74, 6) is 5.35. The number of benzene rings is 2. The Morgan fingerprint density at radius 1 is 1.10 bits per heavy atom. The monoisotopic (exact) mass is 266 g/mol. The van der Waals surface area contributed by atoms with E-state index < -0.39 is 0 Å². The molecule has 20 heavy (non-hydrogen) atoms. The van der Waals surface area contributed by atoms with Crippen LogP contribution in [0.4, 0.5) is 5.69 Å². The average Bonchev–Trinajstić information content (AvgIpc) is 2.46. The molecule has 0 aliphatic carbocycles. The van der Waals surface area contributed by atoms with Crippen LogP contribution in [0.5, 0.6) is 0 Å². The fourth-order valence-corrected chi connectivity index (χ4v) is 2.21. The quantitative estimate of drug-likeness (QED) is 0.425. The Morgan fingerprint density at radius 3 is 2.70 bits per heavy atom. The first-order valence-electron chi connectivity index (χ1n) is 6.29. The van der Waals surface area contributed by atoms with E-state index in [1.807, 2.05) is 49.4 Å². The van der Waals surface area contributed by atoms with Gasteiger partial charge in [-0.2, -0.15) is 0 Å². The van der Waals surface area contributed by atoms with Crippen molar-refractivity contribution in [2.45, 2.75) is 6.92 Å². The van der Waals surface area contributed by atoms with Crippen LogP contribution in [0.2, 0.25) is 0 Å². The molecule has 1 heterocycles. The lowest BCUT2D eigenvalue weighted by atomic mass is 10.0. The first-order chi connectivity index (χ1) is 9.67. The third kappa shape index (κ3) is 2.17. The smallest absolute Gasteiger partial charge is 0.344 e. The van der Waals surface area contributed by atoms with Gasteiger partial charge in [0.15, 0.2) is 0 Å². The third-order valence-electron chi connectivity index (χ3n) is 3.23. The molecule has 0 fully saturated rings. The maximum Gasteiger partial charge on any atom is 0.344 e. The zero-order valence-electron chi connectivity index (χ0n) is 11.0. The number of nitrogen functional groups attached to an aromatic ring is 1. The minimum atomic E-state index is -0.350. The summed E-state index contributed by atoms with van der Waals surface area (Å²) in [6.07, 6.45) is 0. The maximum atomic E-state index is 12.1. The Hall–Kier alpha value is -2.59. The molecule has 0 spiro atoms. The summed E-state index contributed by atoms with van der Waals surface area (Å²) in [6.45, 7) is 1.99. The number of hydrazine groups is 1. The second kappa shape index (κ2) is 4.83. The molecular formula is C16H14N2O2. The predicted octanol–water partition coefficient (Wildman–Crippen LogP) is 3.05. The zero-order chi connectivity index (χ0) is 14.1. The normalized spacial score (nSPS) is 10.7. The van der Waals surface area contributed by atoms with Crippen LogP contribution in [-0.2, 0) is 0 Å². The number of nitrogens with one attached hydrogen (secondary N) is 1. The maximum absolute atomic E-state index is 12.1. The standard InChI is InChI=1S/C16H14N2O2/c1-10-3-2-4-11(7-10)14-8-12-5-6-13(18-17)9-15(12)20-16(14)19/h2-9,18H,17H2,1H3. The highest BCUT2D eigenvalue weighted by atomic mass is 16.4. The molecular weight excluding hydrogens is 252 g/mol.